The second kappa shape index (κ2) is 9.45. The van der Waals surface area contributed by atoms with Gasteiger partial charge in [0.1, 0.15) is 10.7 Å². The van der Waals surface area contributed by atoms with Gasteiger partial charge in [-0.05, 0) is 43.2 Å². The number of aromatic nitrogens is 1. The van der Waals surface area contributed by atoms with Crippen molar-refractivity contribution in [1.82, 2.24) is 9.88 Å². The number of carbonyl (C=O) groups is 1. The van der Waals surface area contributed by atoms with E-state index in [1.807, 2.05) is 6.92 Å². The van der Waals surface area contributed by atoms with Crippen molar-refractivity contribution in [3.05, 3.63) is 80.6 Å². The molecule has 9 heteroatoms. The summed E-state index contributed by atoms with van der Waals surface area (Å²) < 4.78 is 13.1. The van der Waals surface area contributed by atoms with Gasteiger partial charge in [0.2, 0.25) is 0 Å². The van der Waals surface area contributed by atoms with E-state index in [1.165, 1.54) is 35.6 Å². The summed E-state index contributed by atoms with van der Waals surface area (Å²) in [5, 5.41) is 14.5. The molecule has 156 valence electrons. The van der Waals surface area contributed by atoms with Gasteiger partial charge in [0.15, 0.2) is 5.13 Å². The first-order valence-corrected chi connectivity index (χ1v) is 10.2. The molecule has 0 spiro atoms. The van der Waals surface area contributed by atoms with Crippen molar-refractivity contribution < 1.29 is 14.1 Å². The number of thiazole rings is 1. The highest BCUT2D eigenvalue weighted by atomic mass is 32.1. The Balaban J connectivity index is 1.76. The predicted octanol–water partition coefficient (Wildman–Crippen LogP) is 5.29. The van der Waals surface area contributed by atoms with Crippen LogP contribution in [-0.2, 0) is 6.54 Å². The maximum absolute atomic E-state index is 13.2. The van der Waals surface area contributed by atoms with Crippen molar-refractivity contribution in [2.24, 2.45) is 0 Å². The van der Waals surface area contributed by atoms with E-state index in [2.05, 4.69) is 10.3 Å². The molecule has 1 amide bonds. The van der Waals surface area contributed by atoms with E-state index in [0.717, 1.165) is 12.0 Å². The lowest BCUT2D eigenvalue weighted by molar-refractivity contribution is -0.384. The molecule has 0 aliphatic rings. The van der Waals surface area contributed by atoms with Crippen molar-refractivity contribution in [3.8, 4) is 0 Å². The van der Waals surface area contributed by atoms with Gasteiger partial charge in [-0.3, -0.25) is 14.9 Å². The second-order valence-electron chi connectivity index (χ2n) is 6.72. The summed E-state index contributed by atoms with van der Waals surface area (Å²) in [6, 6.07) is 12.1. The maximum Gasteiger partial charge on any atom is 0.269 e. The molecule has 0 bridgehead atoms. The standard InChI is InChI=1S/C21H21FN4O3S/c1-3-12-25(13-15-4-10-18(11-5-15)26(28)29)20(27)19-14(2)23-21(30-19)24-17-8-6-16(22)7-9-17/h4-11H,3,12-13H2,1-2H3,(H,23,24). The third-order valence-corrected chi connectivity index (χ3v) is 5.45. The number of aryl methyl sites for hydroxylation is 1. The molecule has 3 aromatic rings. The number of hydrogen-bond donors (Lipinski definition) is 1. The zero-order valence-electron chi connectivity index (χ0n) is 16.6. The van der Waals surface area contributed by atoms with Crippen LogP contribution in [0.4, 0.5) is 20.9 Å². The quantitative estimate of drug-likeness (QED) is 0.389. The SMILES string of the molecule is CCCN(Cc1ccc([N+](=O)[O-])cc1)C(=O)c1sc(Nc2ccc(F)cc2)nc1C. The molecule has 0 unspecified atom stereocenters. The number of halogens is 1. The minimum Gasteiger partial charge on any atom is -0.334 e. The van der Waals surface area contributed by atoms with E-state index < -0.39 is 4.92 Å². The Morgan fingerprint density at radius 2 is 1.87 bits per heavy atom. The smallest absolute Gasteiger partial charge is 0.269 e. The van der Waals surface area contributed by atoms with Gasteiger partial charge >= 0.3 is 0 Å². The molecule has 0 atom stereocenters. The molecule has 1 aromatic heterocycles. The number of carbonyl (C=O) groups excluding carboxylic acids is 1. The lowest BCUT2D eigenvalue weighted by atomic mass is 10.2. The van der Waals surface area contributed by atoms with Crippen LogP contribution in [0.15, 0.2) is 48.5 Å². The molecule has 1 heterocycles. The van der Waals surface area contributed by atoms with Crippen LogP contribution in [0, 0.1) is 22.9 Å². The Morgan fingerprint density at radius 3 is 2.47 bits per heavy atom. The minimum absolute atomic E-state index is 0.0157. The van der Waals surface area contributed by atoms with Gasteiger partial charge in [-0.25, -0.2) is 9.37 Å². The first-order chi connectivity index (χ1) is 14.4. The highest BCUT2D eigenvalue weighted by Crippen LogP contribution is 2.27. The fourth-order valence-corrected chi connectivity index (χ4v) is 3.87. The molecule has 1 N–H and O–H groups in total. The maximum atomic E-state index is 13.2. The van der Waals surface area contributed by atoms with Crippen LogP contribution in [0.3, 0.4) is 0 Å². The third kappa shape index (κ3) is 5.18. The van der Waals surface area contributed by atoms with E-state index in [4.69, 9.17) is 0 Å². The normalized spacial score (nSPS) is 10.6. The van der Waals surface area contributed by atoms with Crippen molar-refractivity contribution in [2.75, 3.05) is 11.9 Å². The summed E-state index contributed by atoms with van der Waals surface area (Å²) >= 11 is 1.24. The zero-order valence-corrected chi connectivity index (χ0v) is 17.4. The van der Waals surface area contributed by atoms with E-state index >= 15 is 0 Å². The van der Waals surface area contributed by atoms with Gasteiger partial charge in [0.25, 0.3) is 11.6 Å². The average Bonchev–Trinajstić information content (AvgIpc) is 3.09. The van der Waals surface area contributed by atoms with Gasteiger partial charge in [-0.1, -0.05) is 30.4 Å². The number of anilines is 2. The molecular formula is C21H21FN4O3S. The number of nitrogens with one attached hydrogen (secondary N) is 1. The van der Waals surface area contributed by atoms with Gasteiger partial charge < -0.3 is 10.2 Å². The van der Waals surface area contributed by atoms with Crippen LogP contribution in [0.5, 0.6) is 0 Å². The largest absolute Gasteiger partial charge is 0.334 e. The Bertz CT molecular complexity index is 1040. The zero-order chi connectivity index (χ0) is 21.7. The fourth-order valence-electron chi connectivity index (χ4n) is 2.91. The topological polar surface area (TPSA) is 88.4 Å². The molecule has 0 saturated heterocycles. The summed E-state index contributed by atoms with van der Waals surface area (Å²) in [4.78, 5) is 30.2. The van der Waals surface area contributed by atoms with Crippen LogP contribution in [-0.4, -0.2) is 27.3 Å². The molecular weight excluding hydrogens is 407 g/mol. The van der Waals surface area contributed by atoms with Crippen molar-refractivity contribution >= 4 is 33.8 Å². The van der Waals surface area contributed by atoms with Gasteiger partial charge in [0, 0.05) is 30.9 Å². The number of rotatable bonds is 8. The highest BCUT2D eigenvalue weighted by Gasteiger charge is 2.22. The Hall–Kier alpha value is -3.33. The Morgan fingerprint density at radius 1 is 1.20 bits per heavy atom. The molecule has 2 aromatic carbocycles. The van der Waals surface area contributed by atoms with Gasteiger partial charge in [0.05, 0.1) is 10.6 Å². The van der Waals surface area contributed by atoms with Crippen LogP contribution in [0.25, 0.3) is 0 Å². The van der Waals surface area contributed by atoms with Crippen LogP contribution in [0.2, 0.25) is 0 Å². The Labute approximate surface area is 177 Å². The first-order valence-electron chi connectivity index (χ1n) is 9.40. The number of benzene rings is 2. The number of non-ortho nitro benzene ring substituents is 1. The lowest BCUT2D eigenvalue weighted by Crippen LogP contribution is -2.31. The molecule has 3 rings (SSSR count). The average molecular weight is 428 g/mol. The van der Waals surface area contributed by atoms with Crippen LogP contribution in [0.1, 0.15) is 34.3 Å². The van der Waals surface area contributed by atoms with E-state index in [-0.39, 0.29) is 17.4 Å². The van der Waals surface area contributed by atoms with E-state index in [0.29, 0.717) is 34.5 Å². The summed E-state index contributed by atoms with van der Waals surface area (Å²) in [6.45, 7) is 4.66. The molecule has 0 saturated carbocycles. The number of nitro benzene ring substituents is 1. The summed E-state index contributed by atoms with van der Waals surface area (Å²) in [6.07, 6.45) is 0.775. The fraction of sp³-hybridized carbons (Fsp3) is 0.238. The van der Waals surface area contributed by atoms with Crippen molar-refractivity contribution in [2.45, 2.75) is 26.8 Å². The van der Waals surface area contributed by atoms with Crippen LogP contribution < -0.4 is 5.32 Å². The number of nitrogens with zero attached hydrogens (tertiary/aromatic N) is 3. The molecule has 0 fully saturated rings. The summed E-state index contributed by atoms with van der Waals surface area (Å²) in [5.41, 5.74) is 2.12. The minimum atomic E-state index is -0.449. The second-order valence-corrected chi connectivity index (χ2v) is 7.71. The van der Waals surface area contributed by atoms with Gasteiger partial charge in [-0.2, -0.15) is 0 Å². The van der Waals surface area contributed by atoms with Gasteiger partial charge in [-0.15, -0.1) is 0 Å². The number of amides is 1. The highest BCUT2D eigenvalue weighted by molar-refractivity contribution is 7.17. The number of nitro groups is 1. The summed E-state index contributed by atoms with van der Waals surface area (Å²) in [7, 11) is 0. The number of hydrogen-bond acceptors (Lipinski definition) is 6. The summed E-state index contributed by atoms with van der Waals surface area (Å²) in [5.74, 6) is -0.467. The van der Waals surface area contributed by atoms with Crippen LogP contribution >= 0.6 is 11.3 Å². The lowest BCUT2D eigenvalue weighted by Gasteiger charge is -2.21. The Kier molecular flexibility index (Phi) is 6.73. The molecule has 0 aliphatic heterocycles. The molecule has 0 aliphatic carbocycles. The predicted molar refractivity (Wildman–Crippen MR) is 115 cm³/mol. The van der Waals surface area contributed by atoms with E-state index in [1.54, 1.807) is 36.1 Å². The molecule has 0 radical (unpaired) electrons. The van der Waals surface area contributed by atoms with Crippen molar-refractivity contribution in [3.63, 3.8) is 0 Å². The molecule has 30 heavy (non-hydrogen) atoms. The molecule has 7 nitrogen and oxygen atoms in total. The van der Waals surface area contributed by atoms with Crippen molar-refractivity contribution in [1.29, 1.82) is 0 Å². The third-order valence-electron chi connectivity index (χ3n) is 4.39. The monoisotopic (exact) mass is 428 g/mol. The first kappa shape index (κ1) is 21.4. The van der Waals surface area contributed by atoms with E-state index in [9.17, 15) is 19.3 Å².